The van der Waals surface area contributed by atoms with Crippen molar-refractivity contribution in [2.45, 2.75) is 71.8 Å². The smallest absolute Gasteiger partial charge is 0.154 e. The lowest BCUT2D eigenvalue weighted by Crippen LogP contribution is -2.06. The number of aromatic nitrogens is 3. The van der Waals surface area contributed by atoms with E-state index in [1.165, 1.54) is 32.1 Å². The molecule has 4 heteroatoms. The van der Waals surface area contributed by atoms with Gasteiger partial charge in [0, 0.05) is 19.4 Å². The highest BCUT2D eigenvalue weighted by atomic mass is 16.2. The van der Waals surface area contributed by atoms with E-state index in [0.717, 1.165) is 37.3 Å². The summed E-state index contributed by atoms with van der Waals surface area (Å²) in [5.41, 5.74) is 0. The van der Waals surface area contributed by atoms with Crippen LogP contribution >= 0.6 is 0 Å². The maximum Gasteiger partial charge on any atom is 0.154 e. The number of allylic oxidation sites excluding steroid dienone is 1. The molecule has 0 amide bonds. The summed E-state index contributed by atoms with van der Waals surface area (Å²) in [6, 6.07) is 0. The summed E-state index contributed by atoms with van der Waals surface area (Å²) in [5, 5.41) is 13.2. The Kier molecular flexibility index (Phi) is 7.94. The molecule has 0 aliphatic rings. The minimum atomic E-state index is 0.609. The van der Waals surface area contributed by atoms with Gasteiger partial charge >= 0.3 is 0 Å². The molecule has 0 radical (unpaired) electrons. The first-order valence-corrected chi connectivity index (χ1v) is 7.53. The third kappa shape index (κ3) is 5.90. The molecule has 1 heterocycles. The molecular formula is C15H27N3O. The van der Waals surface area contributed by atoms with Crippen LogP contribution in [0.25, 0.3) is 0 Å². The van der Waals surface area contributed by atoms with E-state index >= 15 is 0 Å². The van der Waals surface area contributed by atoms with Gasteiger partial charge in [-0.05, 0) is 18.9 Å². The predicted octanol–water partition coefficient (Wildman–Crippen LogP) is 3.82. The van der Waals surface area contributed by atoms with Crippen molar-refractivity contribution in [2.24, 2.45) is 0 Å². The van der Waals surface area contributed by atoms with Crippen LogP contribution in [0.15, 0.2) is 12.3 Å². The van der Waals surface area contributed by atoms with E-state index in [1.807, 2.05) is 0 Å². The second kappa shape index (κ2) is 9.59. The number of hydrogen-bond acceptors (Lipinski definition) is 3. The van der Waals surface area contributed by atoms with Gasteiger partial charge in [0.25, 0.3) is 0 Å². The highest BCUT2D eigenvalue weighted by Gasteiger charge is 2.08. The summed E-state index contributed by atoms with van der Waals surface area (Å²) in [4.78, 5) is 4.59. The summed E-state index contributed by atoms with van der Waals surface area (Å²) >= 11 is 0. The molecule has 19 heavy (non-hydrogen) atoms. The van der Waals surface area contributed by atoms with E-state index in [0.29, 0.717) is 6.42 Å². The number of aliphatic hydroxyl groups is 1. The van der Waals surface area contributed by atoms with Crippen LogP contribution in [-0.2, 0) is 19.4 Å². The zero-order valence-electron chi connectivity index (χ0n) is 12.3. The third-order valence-electron chi connectivity index (χ3n) is 3.18. The average Bonchev–Trinajstić information content (AvgIpc) is 2.80. The summed E-state index contributed by atoms with van der Waals surface area (Å²) in [7, 11) is 0. The lowest BCUT2D eigenvalue weighted by atomic mass is 10.2. The quantitative estimate of drug-likeness (QED) is 0.517. The van der Waals surface area contributed by atoms with Gasteiger partial charge in [0.1, 0.15) is 5.82 Å². The van der Waals surface area contributed by atoms with Crippen molar-refractivity contribution in [3.05, 3.63) is 24.0 Å². The maximum atomic E-state index is 8.71. The van der Waals surface area contributed by atoms with E-state index < -0.39 is 0 Å². The minimum absolute atomic E-state index is 0.609. The Morgan fingerprint density at radius 1 is 1.11 bits per heavy atom. The molecule has 1 N–H and O–H groups in total. The molecule has 0 atom stereocenters. The van der Waals surface area contributed by atoms with Crippen LogP contribution in [0, 0.1) is 0 Å². The fraction of sp³-hybridized carbons (Fsp3) is 0.733. The topological polar surface area (TPSA) is 50.9 Å². The van der Waals surface area contributed by atoms with Gasteiger partial charge in [-0.3, -0.25) is 0 Å². The molecular weight excluding hydrogens is 238 g/mol. The first-order valence-electron chi connectivity index (χ1n) is 7.53. The van der Waals surface area contributed by atoms with Crippen LogP contribution in [0.5, 0.6) is 0 Å². The summed E-state index contributed by atoms with van der Waals surface area (Å²) in [5.74, 6) is 1.92. The zero-order valence-corrected chi connectivity index (χ0v) is 12.3. The fourth-order valence-electron chi connectivity index (χ4n) is 2.08. The standard InChI is InChI=1S/C15H27N3O/c1-3-5-7-11-15-16-14(10-9-13-19)17-18(15)12-8-6-4-2/h9,13,19H,3-8,10-12H2,1-2H3. The molecule has 0 aliphatic carbocycles. The molecule has 0 bridgehead atoms. The second-order valence-electron chi connectivity index (χ2n) is 4.92. The summed E-state index contributed by atoms with van der Waals surface area (Å²) in [6.45, 7) is 5.38. The fourth-order valence-corrected chi connectivity index (χ4v) is 2.08. The molecule has 0 aromatic carbocycles. The van der Waals surface area contributed by atoms with Crippen molar-refractivity contribution in [1.82, 2.24) is 14.8 Å². The van der Waals surface area contributed by atoms with Crippen molar-refractivity contribution in [3.63, 3.8) is 0 Å². The van der Waals surface area contributed by atoms with Gasteiger partial charge < -0.3 is 5.11 Å². The number of hydrogen-bond donors (Lipinski definition) is 1. The molecule has 0 aliphatic heterocycles. The van der Waals surface area contributed by atoms with E-state index in [2.05, 4.69) is 28.6 Å². The van der Waals surface area contributed by atoms with Crippen LogP contribution in [0.1, 0.15) is 64.0 Å². The van der Waals surface area contributed by atoms with Gasteiger partial charge in [-0.1, -0.05) is 39.5 Å². The molecule has 108 valence electrons. The minimum Gasteiger partial charge on any atom is -0.516 e. The number of aryl methyl sites for hydroxylation is 2. The number of nitrogens with zero attached hydrogens (tertiary/aromatic N) is 3. The Balaban J connectivity index is 2.63. The van der Waals surface area contributed by atoms with Crippen LogP contribution in [-0.4, -0.2) is 19.9 Å². The molecule has 1 rings (SSSR count). The molecule has 0 saturated carbocycles. The van der Waals surface area contributed by atoms with Crippen molar-refractivity contribution in [2.75, 3.05) is 0 Å². The first kappa shape index (κ1) is 15.7. The number of rotatable bonds is 10. The Morgan fingerprint density at radius 3 is 2.53 bits per heavy atom. The van der Waals surface area contributed by atoms with Gasteiger partial charge in [0.15, 0.2) is 5.82 Å². The van der Waals surface area contributed by atoms with Crippen molar-refractivity contribution >= 4 is 0 Å². The Bertz CT molecular complexity index is 344. The van der Waals surface area contributed by atoms with Crippen LogP contribution < -0.4 is 0 Å². The Hall–Kier alpha value is -1.32. The normalized spacial score (nSPS) is 11.5. The average molecular weight is 265 g/mol. The maximum absolute atomic E-state index is 8.71. The van der Waals surface area contributed by atoms with E-state index in [9.17, 15) is 0 Å². The Labute approximate surface area is 116 Å². The van der Waals surface area contributed by atoms with E-state index in [-0.39, 0.29) is 0 Å². The molecule has 0 saturated heterocycles. The lowest BCUT2D eigenvalue weighted by Gasteiger charge is -2.04. The van der Waals surface area contributed by atoms with Crippen molar-refractivity contribution < 1.29 is 5.11 Å². The number of aliphatic hydroxyl groups excluding tert-OH is 1. The van der Waals surface area contributed by atoms with Gasteiger partial charge in [0.05, 0.1) is 6.26 Å². The molecule has 1 aromatic heterocycles. The van der Waals surface area contributed by atoms with Crippen LogP contribution in [0.3, 0.4) is 0 Å². The van der Waals surface area contributed by atoms with E-state index in [4.69, 9.17) is 5.11 Å². The monoisotopic (exact) mass is 265 g/mol. The molecule has 1 aromatic rings. The number of unbranched alkanes of at least 4 members (excludes halogenated alkanes) is 4. The summed E-state index contributed by atoms with van der Waals surface area (Å²) < 4.78 is 2.06. The van der Waals surface area contributed by atoms with Gasteiger partial charge in [0.2, 0.25) is 0 Å². The first-order chi connectivity index (χ1) is 9.31. The molecule has 0 spiro atoms. The molecule has 0 fully saturated rings. The van der Waals surface area contributed by atoms with Crippen LogP contribution in [0.4, 0.5) is 0 Å². The molecule has 0 unspecified atom stereocenters. The van der Waals surface area contributed by atoms with Crippen molar-refractivity contribution in [3.8, 4) is 0 Å². The second-order valence-corrected chi connectivity index (χ2v) is 4.92. The van der Waals surface area contributed by atoms with E-state index in [1.54, 1.807) is 6.08 Å². The third-order valence-corrected chi connectivity index (χ3v) is 3.18. The van der Waals surface area contributed by atoms with Crippen LogP contribution in [0.2, 0.25) is 0 Å². The van der Waals surface area contributed by atoms with Gasteiger partial charge in [-0.2, -0.15) is 5.10 Å². The zero-order chi connectivity index (χ0) is 13.9. The van der Waals surface area contributed by atoms with Gasteiger partial charge in [-0.15, -0.1) is 0 Å². The predicted molar refractivity (Wildman–Crippen MR) is 78.2 cm³/mol. The highest BCUT2D eigenvalue weighted by molar-refractivity contribution is 4.98. The largest absolute Gasteiger partial charge is 0.516 e. The molecule has 4 nitrogen and oxygen atoms in total. The Morgan fingerprint density at radius 2 is 1.84 bits per heavy atom. The summed E-state index contributed by atoms with van der Waals surface area (Å²) in [6.07, 6.45) is 11.6. The highest BCUT2D eigenvalue weighted by Crippen LogP contribution is 2.08. The lowest BCUT2D eigenvalue weighted by molar-refractivity contribution is 0.471. The van der Waals surface area contributed by atoms with Crippen molar-refractivity contribution in [1.29, 1.82) is 0 Å². The van der Waals surface area contributed by atoms with Gasteiger partial charge in [-0.25, -0.2) is 9.67 Å². The SMILES string of the molecule is CCCCCc1nc(CC=CO)nn1CCCCC.